The Kier molecular flexibility index (Phi) is 4.15. The maximum absolute atomic E-state index is 11.3. The number of carboxylic acids is 1. The monoisotopic (exact) mass is 409 g/mol. The lowest BCUT2D eigenvalue weighted by Gasteiger charge is -1.90. The van der Waals surface area contributed by atoms with Crippen molar-refractivity contribution in [2.45, 2.75) is 0 Å². The fourth-order valence-electron chi connectivity index (χ4n) is 2.92. The van der Waals surface area contributed by atoms with Gasteiger partial charge in [0.15, 0.2) is 23.3 Å². The molecule has 3 aromatic rings. The zero-order valence-electron chi connectivity index (χ0n) is 15.6. The average Bonchev–Trinajstić information content (AvgIpc) is 3.51. The lowest BCUT2D eigenvalue weighted by molar-refractivity contribution is -0.132. The highest BCUT2D eigenvalue weighted by atomic mass is 16.4. The van der Waals surface area contributed by atoms with E-state index in [1.54, 1.807) is 42.5 Å². The molecule has 3 aromatic heterocycles. The van der Waals surface area contributed by atoms with Gasteiger partial charge < -0.3 is 15.1 Å². The molecular formula is C20H11N9O2. The van der Waals surface area contributed by atoms with Crippen molar-refractivity contribution in [3.63, 3.8) is 0 Å². The smallest absolute Gasteiger partial charge is 0.333 e. The van der Waals surface area contributed by atoms with Crippen molar-refractivity contribution in [1.29, 1.82) is 0 Å². The molecule has 0 radical (unpaired) electrons. The molecule has 0 aromatic carbocycles. The normalized spacial score (nSPS) is 12.7. The second kappa shape index (κ2) is 7.12. The number of aromatic nitrogens is 8. The topological polar surface area (TPSA) is 151 Å². The number of fused-ring (bicyclic) bond motifs is 8. The van der Waals surface area contributed by atoms with Gasteiger partial charge in [-0.2, -0.15) is 0 Å². The maximum atomic E-state index is 11.3. The van der Waals surface area contributed by atoms with Gasteiger partial charge in [-0.05, 0) is 48.6 Å². The summed E-state index contributed by atoms with van der Waals surface area (Å²) in [5, 5.41) is 9.20. The largest absolute Gasteiger partial charge is 0.486 e. The summed E-state index contributed by atoms with van der Waals surface area (Å²) in [7, 11) is 0. The molecule has 2 aliphatic heterocycles. The first-order chi connectivity index (χ1) is 15.1. The van der Waals surface area contributed by atoms with Crippen LogP contribution in [-0.4, -0.2) is 50.9 Å². The summed E-state index contributed by atoms with van der Waals surface area (Å²) < 4.78 is 0. The molecule has 0 atom stereocenters. The molecule has 5 heterocycles. The van der Waals surface area contributed by atoms with E-state index in [0.717, 1.165) is 0 Å². The molecule has 2 aliphatic rings. The van der Waals surface area contributed by atoms with Gasteiger partial charge in [-0.3, -0.25) is 4.79 Å². The minimum atomic E-state index is -1.33. The molecule has 0 spiro atoms. The lowest BCUT2D eigenvalue weighted by atomic mass is 10.2. The molecule has 0 aliphatic carbocycles. The van der Waals surface area contributed by atoms with Gasteiger partial charge in [0.2, 0.25) is 0 Å². The third-order valence-electron chi connectivity index (χ3n) is 4.25. The molecule has 0 saturated heterocycles. The number of aliphatic carboxylic acids is 1. The Bertz CT molecular complexity index is 1530. The number of nitrogens with one attached hydrogen (secondary N) is 2. The van der Waals surface area contributed by atoms with Gasteiger partial charge in [0.05, 0.1) is 6.57 Å². The minimum absolute atomic E-state index is 0.308. The van der Waals surface area contributed by atoms with Crippen molar-refractivity contribution in [2.75, 3.05) is 0 Å². The zero-order valence-corrected chi connectivity index (χ0v) is 15.6. The number of H-pyrrole nitrogens is 2. The van der Waals surface area contributed by atoms with Gasteiger partial charge in [0, 0.05) is 5.56 Å². The SMILES string of the molecule is [C-]#[N+]/C(=C\c1cc2nc3ccc(nc4nc(nc5nc(nc1[nH]2)C=C5)C=C4)[nH]3)C(=O)O. The number of aromatic amines is 2. The lowest BCUT2D eigenvalue weighted by Crippen LogP contribution is -1.95. The first-order valence-corrected chi connectivity index (χ1v) is 8.94. The first-order valence-electron chi connectivity index (χ1n) is 8.94. The number of nitrogens with zero attached hydrogens (tertiary/aromatic N) is 7. The van der Waals surface area contributed by atoms with Crippen LogP contribution in [-0.2, 0) is 4.79 Å². The van der Waals surface area contributed by atoms with Crippen LogP contribution in [0, 0.1) is 6.57 Å². The summed E-state index contributed by atoms with van der Waals surface area (Å²) >= 11 is 0. The van der Waals surface area contributed by atoms with Crippen molar-refractivity contribution in [3.8, 4) is 0 Å². The summed E-state index contributed by atoms with van der Waals surface area (Å²) in [5.41, 5.74) is 1.73. The van der Waals surface area contributed by atoms with Crippen LogP contribution in [0.3, 0.4) is 0 Å². The Morgan fingerprint density at radius 2 is 1.42 bits per heavy atom. The molecule has 148 valence electrons. The molecule has 0 fully saturated rings. The van der Waals surface area contributed by atoms with E-state index in [2.05, 4.69) is 44.7 Å². The van der Waals surface area contributed by atoms with E-state index in [4.69, 9.17) is 6.57 Å². The fraction of sp³-hybridized carbons (Fsp3) is 0. The zero-order chi connectivity index (χ0) is 21.4. The van der Waals surface area contributed by atoms with Crippen LogP contribution in [0.2, 0.25) is 0 Å². The van der Waals surface area contributed by atoms with Gasteiger partial charge >= 0.3 is 5.97 Å². The van der Waals surface area contributed by atoms with Crippen molar-refractivity contribution in [3.05, 3.63) is 64.2 Å². The second-order valence-corrected chi connectivity index (χ2v) is 6.40. The Balaban J connectivity index is 1.83. The summed E-state index contributed by atoms with van der Waals surface area (Å²) in [4.78, 5) is 46.8. The van der Waals surface area contributed by atoms with E-state index < -0.39 is 11.7 Å². The summed E-state index contributed by atoms with van der Waals surface area (Å²) in [6, 6.07) is 5.09. The van der Waals surface area contributed by atoms with Crippen molar-refractivity contribution in [2.24, 2.45) is 0 Å². The molecule has 5 rings (SSSR count). The molecule has 0 saturated carbocycles. The number of carboxylic acid groups (broad SMARTS) is 1. The highest BCUT2D eigenvalue weighted by Crippen LogP contribution is 2.17. The van der Waals surface area contributed by atoms with Gasteiger partial charge in [-0.1, -0.05) is 0 Å². The van der Waals surface area contributed by atoms with Gasteiger partial charge in [0.1, 0.15) is 22.6 Å². The standard InChI is InChI=1S/C20H11N9O2/c1-21-11(20(30)31)8-10-9-18-27-16-5-4-14(25-16)23-12-2-3-13(22-12)24-15-6-7-17(26-15)28-19(10)29-18/h2-9H,(H,30,31)(H2,22,23,24,25,26,27,28,29)/b11-8-. The molecule has 11 nitrogen and oxygen atoms in total. The van der Waals surface area contributed by atoms with E-state index in [0.29, 0.717) is 51.4 Å². The second-order valence-electron chi connectivity index (χ2n) is 6.40. The molecular weight excluding hydrogens is 398 g/mol. The van der Waals surface area contributed by atoms with Crippen LogP contribution in [0.1, 0.15) is 28.9 Å². The van der Waals surface area contributed by atoms with Gasteiger partial charge in [-0.25, -0.2) is 34.7 Å². The molecule has 0 amide bonds. The Hall–Kier alpha value is -4.98. The molecule has 31 heavy (non-hydrogen) atoms. The van der Waals surface area contributed by atoms with Crippen LogP contribution < -0.4 is 0 Å². The fourth-order valence-corrected chi connectivity index (χ4v) is 2.92. The average molecular weight is 409 g/mol. The van der Waals surface area contributed by atoms with E-state index in [1.165, 1.54) is 6.08 Å². The van der Waals surface area contributed by atoms with Gasteiger partial charge in [0.25, 0.3) is 5.70 Å². The third-order valence-corrected chi connectivity index (χ3v) is 4.25. The Labute approximate surface area is 173 Å². The maximum Gasteiger partial charge on any atom is 0.333 e. The predicted octanol–water partition coefficient (Wildman–Crippen LogP) is 2.58. The quantitative estimate of drug-likeness (QED) is 0.297. The molecule has 11 heteroatoms. The van der Waals surface area contributed by atoms with E-state index in [9.17, 15) is 9.90 Å². The van der Waals surface area contributed by atoms with Crippen molar-refractivity contribution in [1.82, 2.24) is 39.9 Å². The third kappa shape index (κ3) is 3.68. The first kappa shape index (κ1) is 18.1. The van der Waals surface area contributed by atoms with Gasteiger partial charge in [-0.15, -0.1) is 0 Å². The Morgan fingerprint density at radius 3 is 2.03 bits per heavy atom. The van der Waals surface area contributed by atoms with Crippen LogP contribution in [0.25, 0.3) is 57.8 Å². The Morgan fingerprint density at radius 1 is 0.839 bits per heavy atom. The van der Waals surface area contributed by atoms with Crippen LogP contribution in [0.4, 0.5) is 0 Å². The molecule has 8 bridgehead atoms. The van der Waals surface area contributed by atoms with Crippen molar-refractivity contribution >= 4 is 58.9 Å². The van der Waals surface area contributed by atoms with Crippen LogP contribution in [0.15, 0.2) is 23.9 Å². The van der Waals surface area contributed by atoms with Crippen molar-refractivity contribution < 1.29 is 9.90 Å². The number of carbonyl (C=O) groups is 1. The molecule has 3 N–H and O–H groups in total. The summed E-state index contributed by atoms with van der Waals surface area (Å²) in [5.74, 6) is 0.390. The number of rotatable bonds is 2. The number of hydrogen-bond acceptors (Lipinski definition) is 7. The highest BCUT2D eigenvalue weighted by molar-refractivity contribution is 5.95. The minimum Gasteiger partial charge on any atom is -0.486 e. The predicted molar refractivity (Wildman–Crippen MR) is 112 cm³/mol. The highest BCUT2D eigenvalue weighted by Gasteiger charge is 2.11. The van der Waals surface area contributed by atoms with Crippen LogP contribution >= 0.6 is 0 Å². The number of hydrogen-bond donors (Lipinski definition) is 3. The summed E-state index contributed by atoms with van der Waals surface area (Å²) in [6.45, 7) is 7.09. The van der Waals surface area contributed by atoms with E-state index in [1.807, 2.05) is 0 Å². The summed E-state index contributed by atoms with van der Waals surface area (Å²) in [6.07, 6.45) is 8.06. The molecule has 0 unspecified atom stereocenters. The van der Waals surface area contributed by atoms with Crippen LogP contribution in [0.5, 0.6) is 0 Å². The van der Waals surface area contributed by atoms with E-state index >= 15 is 0 Å². The van der Waals surface area contributed by atoms with E-state index in [-0.39, 0.29) is 0 Å².